The van der Waals surface area contributed by atoms with E-state index in [0.29, 0.717) is 24.8 Å². The average Bonchev–Trinajstić information content (AvgIpc) is 2.77. The summed E-state index contributed by atoms with van der Waals surface area (Å²) in [5.74, 6) is 1.46. The van der Waals surface area contributed by atoms with Gasteiger partial charge in [-0.1, -0.05) is 38.3 Å². The van der Waals surface area contributed by atoms with E-state index in [9.17, 15) is 4.79 Å². The number of nitrogens with two attached hydrogens (primary N) is 1. The molecule has 3 rings (SSSR count). The lowest BCUT2D eigenvalue weighted by Gasteiger charge is -2.31. The summed E-state index contributed by atoms with van der Waals surface area (Å²) in [6.07, 6.45) is 4.96. The summed E-state index contributed by atoms with van der Waals surface area (Å²) in [5, 5.41) is 7.39. The molecule has 1 aromatic carbocycles. The Bertz CT molecular complexity index is 959. The van der Waals surface area contributed by atoms with Gasteiger partial charge in [0.2, 0.25) is 5.82 Å². The van der Waals surface area contributed by atoms with Crippen LogP contribution in [0.1, 0.15) is 62.1 Å². The van der Waals surface area contributed by atoms with Crippen molar-refractivity contribution in [2.45, 2.75) is 65.0 Å². The number of methoxy groups -OCH3 is 1. The molecule has 0 saturated heterocycles. The maximum Gasteiger partial charge on any atom is 0.289 e. The fourth-order valence-electron chi connectivity index (χ4n) is 3.90. The van der Waals surface area contributed by atoms with E-state index in [1.54, 1.807) is 7.11 Å². The van der Waals surface area contributed by atoms with Crippen molar-refractivity contribution in [1.29, 1.82) is 0 Å². The first kappa shape index (κ1) is 23.9. The minimum atomic E-state index is -0.283. The van der Waals surface area contributed by atoms with Crippen LogP contribution < -0.4 is 16.4 Å². The van der Waals surface area contributed by atoms with E-state index in [1.165, 1.54) is 0 Å². The van der Waals surface area contributed by atoms with E-state index in [-0.39, 0.29) is 29.7 Å². The van der Waals surface area contributed by atoms with Crippen molar-refractivity contribution in [3.8, 4) is 0 Å². The number of ether oxygens (including phenoxy) is 1. The summed E-state index contributed by atoms with van der Waals surface area (Å²) in [4.78, 5) is 26.7. The largest absolute Gasteiger partial charge is 0.387 e. The molecule has 1 aromatic heterocycles. The first-order valence-corrected chi connectivity index (χ1v) is 11.5. The number of aryl methyl sites for hydroxylation is 1. The Labute approximate surface area is 190 Å². The highest BCUT2D eigenvalue weighted by molar-refractivity contribution is 5.96. The molecule has 1 aliphatic carbocycles. The normalized spacial score (nSPS) is 19.3. The highest BCUT2D eigenvalue weighted by atomic mass is 16.5. The van der Waals surface area contributed by atoms with Crippen LogP contribution in [0.2, 0.25) is 0 Å². The lowest BCUT2D eigenvalue weighted by molar-refractivity contribution is 0.0938. The Hall–Kier alpha value is -2.74. The first-order valence-electron chi connectivity index (χ1n) is 11.5. The fourth-order valence-corrected chi connectivity index (χ4v) is 3.90. The van der Waals surface area contributed by atoms with Crippen molar-refractivity contribution >= 4 is 28.5 Å². The summed E-state index contributed by atoms with van der Waals surface area (Å²) in [6, 6.07) is 6.19. The van der Waals surface area contributed by atoms with Gasteiger partial charge < -0.3 is 21.1 Å². The third-order valence-corrected chi connectivity index (χ3v) is 5.82. The molecule has 32 heavy (non-hydrogen) atoms. The molecule has 1 heterocycles. The van der Waals surface area contributed by atoms with Crippen molar-refractivity contribution < 1.29 is 9.53 Å². The number of nitrogens with one attached hydrogen (secondary N) is 2. The molecule has 0 unspecified atom stereocenters. The Morgan fingerprint density at radius 2 is 2.06 bits per heavy atom. The molecule has 8 nitrogen and oxygen atoms in total. The first-order chi connectivity index (χ1) is 15.4. The molecule has 0 aliphatic heterocycles. The molecule has 1 fully saturated rings. The Morgan fingerprint density at radius 3 is 2.81 bits per heavy atom. The van der Waals surface area contributed by atoms with Crippen molar-refractivity contribution in [3.63, 3.8) is 0 Å². The smallest absolute Gasteiger partial charge is 0.289 e. The number of amides is 1. The van der Waals surface area contributed by atoms with Crippen LogP contribution in [0, 0.1) is 12.8 Å². The molecule has 1 aliphatic rings. The van der Waals surface area contributed by atoms with Gasteiger partial charge in [0.1, 0.15) is 5.82 Å². The minimum absolute atomic E-state index is 0.0901. The number of amidine groups is 1. The van der Waals surface area contributed by atoms with Crippen LogP contribution in [-0.4, -0.2) is 54.1 Å². The SMILES string of the molecule is COCCCNC(=O)c1nc(N[C@H]2CCCC[C@H]2N=C(N)C(C)C)c2cc(C)ccc2n1. The lowest BCUT2D eigenvalue weighted by atomic mass is 9.90. The van der Waals surface area contributed by atoms with E-state index in [1.807, 2.05) is 19.1 Å². The molecule has 2 atom stereocenters. The Balaban J connectivity index is 1.90. The average molecular weight is 441 g/mol. The third-order valence-electron chi connectivity index (χ3n) is 5.82. The van der Waals surface area contributed by atoms with Gasteiger partial charge in [0, 0.05) is 37.6 Å². The summed E-state index contributed by atoms with van der Waals surface area (Å²) in [5.41, 5.74) is 8.04. The molecule has 1 amide bonds. The molecular formula is C24H36N6O2. The zero-order chi connectivity index (χ0) is 23.1. The number of aromatic nitrogens is 2. The molecule has 174 valence electrons. The number of aliphatic imine (C=N–C) groups is 1. The van der Waals surface area contributed by atoms with Gasteiger partial charge in [-0.3, -0.25) is 9.79 Å². The number of benzene rings is 1. The minimum Gasteiger partial charge on any atom is -0.387 e. The molecule has 0 radical (unpaired) electrons. The van der Waals surface area contributed by atoms with Crippen molar-refractivity contribution in [1.82, 2.24) is 15.3 Å². The lowest BCUT2D eigenvalue weighted by Crippen LogP contribution is -2.38. The van der Waals surface area contributed by atoms with Gasteiger partial charge in [0.25, 0.3) is 5.91 Å². The van der Waals surface area contributed by atoms with E-state index in [2.05, 4.69) is 40.5 Å². The fraction of sp³-hybridized carbons (Fsp3) is 0.583. The van der Waals surface area contributed by atoms with Crippen LogP contribution >= 0.6 is 0 Å². The third kappa shape index (κ3) is 6.16. The highest BCUT2D eigenvalue weighted by Crippen LogP contribution is 2.28. The van der Waals surface area contributed by atoms with Crippen LogP contribution in [-0.2, 0) is 4.74 Å². The summed E-state index contributed by atoms with van der Waals surface area (Å²) < 4.78 is 5.04. The summed E-state index contributed by atoms with van der Waals surface area (Å²) in [6.45, 7) is 7.26. The molecule has 8 heteroatoms. The number of carbonyl (C=O) groups is 1. The van der Waals surface area contributed by atoms with Crippen molar-refractivity contribution in [3.05, 3.63) is 29.6 Å². The molecular weight excluding hydrogens is 404 g/mol. The number of nitrogens with zero attached hydrogens (tertiary/aromatic N) is 3. The van der Waals surface area contributed by atoms with Crippen molar-refractivity contribution in [2.75, 3.05) is 25.6 Å². The second kappa shape index (κ2) is 11.2. The van der Waals surface area contributed by atoms with Crippen LogP contribution in [0.25, 0.3) is 10.9 Å². The number of rotatable bonds is 9. The number of anilines is 1. The highest BCUT2D eigenvalue weighted by Gasteiger charge is 2.27. The zero-order valence-electron chi connectivity index (χ0n) is 19.6. The number of hydrogen-bond acceptors (Lipinski definition) is 6. The van der Waals surface area contributed by atoms with Gasteiger partial charge in [-0.25, -0.2) is 9.97 Å². The second-order valence-electron chi connectivity index (χ2n) is 8.83. The van der Waals surface area contributed by atoms with Gasteiger partial charge in [0.05, 0.1) is 17.4 Å². The van der Waals surface area contributed by atoms with E-state index < -0.39 is 0 Å². The predicted octanol–water partition coefficient (Wildman–Crippen LogP) is 3.44. The maximum atomic E-state index is 12.7. The van der Waals surface area contributed by atoms with Gasteiger partial charge in [-0.2, -0.15) is 0 Å². The number of fused-ring (bicyclic) bond motifs is 1. The van der Waals surface area contributed by atoms with Crippen LogP contribution in [0.5, 0.6) is 0 Å². The molecule has 4 N–H and O–H groups in total. The zero-order valence-corrected chi connectivity index (χ0v) is 19.6. The van der Waals surface area contributed by atoms with E-state index >= 15 is 0 Å². The van der Waals surface area contributed by atoms with Crippen LogP contribution in [0.15, 0.2) is 23.2 Å². The van der Waals surface area contributed by atoms with Gasteiger partial charge in [-0.15, -0.1) is 0 Å². The number of carbonyl (C=O) groups excluding carboxylic acids is 1. The number of hydrogen-bond donors (Lipinski definition) is 3. The monoisotopic (exact) mass is 440 g/mol. The second-order valence-corrected chi connectivity index (χ2v) is 8.83. The Kier molecular flexibility index (Phi) is 8.39. The maximum absolute atomic E-state index is 12.7. The molecule has 0 bridgehead atoms. The molecule has 0 spiro atoms. The molecule has 2 aromatic rings. The van der Waals surface area contributed by atoms with Crippen LogP contribution in [0.4, 0.5) is 5.82 Å². The summed E-state index contributed by atoms with van der Waals surface area (Å²) >= 11 is 0. The van der Waals surface area contributed by atoms with Gasteiger partial charge >= 0.3 is 0 Å². The van der Waals surface area contributed by atoms with Crippen molar-refractivity contribution in [2.24, 2.45) is 16.6 Å². The van der Waals surface area contributed by atoms with E-state index in [4.69, 9.17) is 15.5 Å². The van der Waals surface area contributed by atoms with Gasteiger partial charge in [0.15, 0.2) is 0 Å². The predicted molar refractivity (Wildman–Crippen MR) is 129 cm³/mol. The molecule has 1 saturated carbocycles. The summed E-state index contributed by atoms with van der Waals surface area (Å²) in [7, 11) is 1.64. The van der Waals surface area contributed by atoms with Crippen LogP contribution in [0.3, 0.4) is 0 Å². The van der Waals surface area contributed by atoms with Gasteiger partial charge in [-0.05, 0) is 38.3 Å². The standard InChI is InChI=1S/C24H36N6O2/c1-15(2)21(25)27-19-8-5-6-9-20(19)29-22-17-14-16(3)10-11-18(17)28-23(30-22)24(31)26-12-7-13-32-4/h10-11,14-15,19-20H,5-9,12-13H2,1-4H3,(H2,25,27)(H,26,31)(H,28,29,30)/t19-,20+/m1/s1. The Morgan fingerprint density at radius 1 is 1.28 bits per heavy atom. The topological polar surface area (TPSA) is 115 Å². The van der Waals surface area contributed by atoms with E-state index in [0.717, 1.165) is 48.6 Å². The quantitative estimate of drug-likeness (QED) is 0.313.